The van der Waals surface area contributed by atoms with Crippen molar-refractivity contribution in [2.24, 2.45) is 21.5 Å². The molecule has 24 nitrogen and oxygen atoms in total. The SMILES string of the molecule is CNc1nc(N)c(Cl)nc1C(=O)NC(N)=NC1CCN(c2nc(NCCCN3CCOCC3)nc(N3CCC(N=C(N)NC(=O)c4nc(Cl)c(N)nc4N)CC3)n2)CC1. The lowest BCUT2D eigenvalue weighted by Gasteiger charge is -2.33. The van der Waals surface area contributed by atoms with Gasteiger partial charge in [0.2, 0.25) is 17.8 Å². The molecule has 3 aromatic rings. The minimum atomic E-state index is -0.705. The van der Waals surface area contributed by atoms with Crippen molar-refractivity contribution in [3.63, 3.8) is 0 Å². The lowest BCUT2D eigenvalue weighted by atomic mass is 10.1. The maximum Gasteiger partial charge on any atom is 0.280 e. The smallest absolute Gasteiger partial charge is 0.280 e. The maximum atomic E-state index is 12.9. The molecule has 0 atom stereocenters. The van der Waals surface area contributed by atoms with Crippen molar-refractivity contribution in [2.75, 3.05) is 110 Å². The van der Waals surface area contributed by atoms with Gasteiger partial charge in [-0.2, -0.15) is 15.0 Å². The van der Waals surface area contributed by atoms with Gasteiger partial charge >= 0.3 is 0 Å². The number of carbonyl (C=O) groups excluding carboxylic acids is 2. The largest absolute Gasteiger partial charge is 0.382 e. The molecule has 14 N–H and O–H groups in total. The molecule has 3 fully saturated rings. The van der Waals surface area contributed by atoms with E-state index in [1.54, 1.807) is 7.05 Å². The highest BCUT2D eigenvalue weighted by Crippen LogP contribution is 2.25. The Morgan fingerprint density at radius 3 is 1.76 bits per heavy atom. The van der Waals surface area contributed by atoms with Gasteiger partial charge in [-0.05, 0) is 38.6 Å². The number of rotatable bonds is 12. The van der Waals surface area contributed by atoms with Crippen LogP contribution in [0.5, 0.6) is 0 Å². The van der Waals surface area contributed by atoms with Crippen molar-refractivity contribution >= 4 is 88.1 Å². The fourth-order valence-electron chi connectivity index (χ4n) is 6.61. The molecule has 0 aromatic carbocycles. The van der Waals surface area contributed by atoms with Crippen LogP contribution in [0.2, 0.25) is 10.3 Å². The van der Waals surface area contributed by atoms with E-state index in [1.165, 1.54) is 0 Å². The Balaban J connectivity index is 1.08. The molecule has 2 amide bonds. The zero-order valence-electron chi connectivity index (χ0n) is 32.5. The Hall–Kier alpha value is -5.85. The molecule has 6 heterocycles. The molecule has 0 spiro atoms. The number of hydrogen-bond donors (Lipinski definition) is 9. The van der Waals surface area contributed by atoms with Gasteiger partial charge in [0, 0.05) is 52.9 Å². The normalized spacial score (nSPS) is 17.5. The van der Waals surface area contributed by atoms with E-state index in [0.717, 1.165) is 39.3 Å². The number of morpholine rings is 1. The van der Waals surface area contributed by atoms with Crippen LogP contribution in [0.4, 0.5) is 41.1 Å². The van der Waals surface area contributed by atoms with Crippen molar-refractivity contribution in [3.8, 4) is 0 Å². The first kappa shape index (κ1) is 42.7. The molecular formula is C33H49Cl2N21O3. The molecule has 3 aliphatic rings. The molecule has 0 radical (unpaired) electrons. The van der Waals surface area contributed by atoms with Gasteiger partial charge in [0.25, 0.3) is 11.8 Å². The molecule has 0 saturated carbocycles. The summed E-state index contributed by atoms with van der Waals surface area (Å²) in [5.74, 6) is -0.0686. The van der Waals surface area contributed by atoms with Crippen LogP contribution in [0.25, 0.3) is 0 Å². The van der Waals surface area contributed by atoms with Crippen LogP contribution in [0, 0.1) is 0 Å². The zero-order chi connectivity index (χ0) is 42.1. The summed E-state index contributed by atoms with van der Waals surface area (Å²) in [7, 11) is 1.58. The molecule has 3 saturated heterocycles. The van der Waals surface area contributed by atoms with Gasteiger partial charge in [0.15, 0.2) is 56.9 Å². The number of aliphatic imine (C=N–C) groups is 2. The van der Waals surface area contributed by atoms with Gasteiger partial charge < -0.3 is 53.8 Å². The Morgan fingerprint density at radius 2 is 1.22 bits per heavy atom. The maximum absolute atomic E-state index is 12.9. The summed E-state index contributed by atoms with van der Waals surface area (Å²) < 4.78 is 5.47. The number of guanidine groups is 2. The predicted molar refractivity (Wildman–Crippen MR) is 226 cm³/mol. The first-order chi connectivity index (χ1) is 28.4. The number of piperidine rings is 2. The number of aromatic nitrogens is 7. The van der Waals surface area contributed by atoms with Crippen LogP contribution < -0.4 is 59.7 Å². The number of nitrogen functional groups attached to an aromatic ring is 3. The molecule has 0 bridgehead atoms. The number of amides is 2. The number of carbonyl (C=O) groups is 2. The van der Waals surface area contributed by atoms with Crippen molar-refractivity contribution in [1.82, 2.24) is 50.4 Å². The van der Waals surface area contributed by atoms with Crippen molar-refractivity contribution in [2.45, 2.75) is 44.2 Å². The molecule has 0 unspecified atom stereocenters. The lowest BCUT2D eigenvalue weighted by molar-refractivity contribution is 0.0378. The highest BCUT2D eigenvalue weighted by Gasteiger charge is 2.27. The number of nitrogens with two attached hydrogens (primary N) is 5. The topological polar surface area (TPSA) is 346 Å². The summed E-state index contributed by atoms with van der Waals surface area (Å²) in [5, 5.41) is 11.0. The van der Waals surface area contributed by atoms with Crippen LogP contribution in [-0.4, -0.2) is 148 Å². The Morgan fingerprint density at radius 1 is 0.712 bits per heavy atom. The quantitative estimate of drug-likeness (QED) is 0.0606. The van der Waals surface area contributed by atoms with Gasteiger partial charge in [-0.25, -0.2) is 29.9 Å². The van der Waals surface area contributed by atoms with E-state index in [1.807, 2.05) is 0 Å². The highest BCUT2D eigenvalue weighted by atomic mass is 35.5. The van der Waals surface area contributed by atoms with Crippen LogP contribution in [0.3, 0.4) is 0 Å². The Bertz CT molecular complexity index is 2030. The first-order valence-corrected chi connectivity index (χ1v) is 19.8. The van der Waals surface area contributed by atoms with Crippen molar-refractivity contribution in [3.05, 3.63) is 21.7 Å². The molecule has 3 aromatic heterocycles. The van der Waals surface area contributed by atoms with Gasteiger partial charge in [-0.3, -0.25) is 25.1 Å². The molecule has 59 heavy (non-hydrogen) atoms. The monoisotopic (exact) mass is 857 g/mol. The average Bonchev–Trinajstić information content (AvgIpc) is 3.22. The van der Waals surface area contributed by atoms with Crippen molar-refractivity contribution < 1.29 is 14.3 Å². The third-order valence-corrected chi connectivity index (χ3v) is 10.3. The van der Waals surface area contributed by atoms with Crippen LogP contribution in [0.15, 0.2) is 9.98 Å². The summed E-state index contributed by atoms with van der Waals surface area (Å²) in [6.07, 6.45) is 3.39. The van der Waals surface area contributed by atoms with E-state index in [0.29, 0.717) is 76.3 Å². The summed E-state index contributed by atoms with van der Waals surface area (Å²) in [5.41, 5.74) is 29.1. The number of nitrogens with one attached hydrogen (secondary N) is 4. The van der Waals surface area contributed by atoms with E-state index >= 15 is 0 Å². The Kier molecular flexibility index (Phi) is 14.3. The summed E-state index contributed by atoms with van der Waals surface area (Å²) in [4.78, 5) is 71.6. The number of hydrogen-bond acceptors (Lipinski definition) is 20. The molecule has 3 aliphatic heterocycles. The Labute approximate surface area is 349 Å². The van der Waals surface area contributed by atoms with Gasteiger partial charge in [0.05, 0.1) is 25.3 Å². The molecule has 26 heteroatoms. The third-order valence-electron chi connectivity index (χ3n) is 9.72. The zero-order valence-corrected chi connectivity index (χ0v) is 34.0. The third kappa shape index (κ3) is 11.4. The summed E-state index contributed by atoms with van der Waals surface area (Å²) in [6.45, 7) is 7.25. The number of anilines is 7. The van der Waals surface area contributed by atoms with Crippen LogP contribution in [-0.2, 0) is 4.74 Å². The minimum absolute atomic E-state index is 0.0105. The van der Waals surface area contributed by atoms with Crippen molar-refractivity contribution in [1.29, 1.82) is 0 Å². The van der Waals surface area contributed by atoms with E-state index in [2.05, 4.69) is 65.9 Å². The molecule has 6 rings (SSSR count). The van der Waals surface area contributed by atoms with Gasteiger partial charge in [-0.1, -0.05) is 23.2 Å². The van der Waals surface area contributed by atoms with E-state index < -0.39 is 11.8 Å². The second-order valence-electron chi connectivity index (χ2n) is 13.8. The van der Waals surface area contributed by atoms with Gasteiger partial charge in [-0.15, -0.1) is 0 Å². The second-order valence-corrected chi connectivity index (χ2v) is 14.6. The molecule has 0 aliphatic carbocycles. The van der Waals surface area contributed by atoms with E-state index in [-0.39, 0.29) is 69.0 Å². The molecule has 318 valence electrons. The fraction of sp³-hybridized carbons (Fsp3) is 0.545. The highest BCUT2D eigenvalue weighted by molar-refractivity contribution is 6.32. The van der Waals surface area contributed by atoms with Crippen LogP contribution >= 0.6 is 23.2 Å². The minimum Gasteiger partial charge on any atom is -0.382 e. The second kappa shape index (κ2) is 19.7. The predicted octanol–water partition coefficient (Wildman–Crippen LogP) is -0.892. The first-order valence-electron chi connectivity index (χ1n) is 19.0. The summed E-state index contributed by atoms with van der Waals surface area (Å²) >= 11 is 11.9. The number of ether oxygens (including phenoxy) is 1. The number of halogens is 2. The van der Waals surface area contributed by atoms with Crippen LogP contribution in [0.1, 0.15) is 53.1 Å². The van der Waals surface area contributed by atoms with E-state index in [4.69, 9.17) is 71.6 Å². The van der Waals surface area contributed by atoms with Gasteiger partial charge in [0.1, 0.15) is 0 Å². The summed E-state index contributed by atoms with van der Waals surface area (Å²) in [6, 6.07) is -0.342. The fourth-order valence-corrected chi connectivity index (χ4v) is 6.87. The molecular weight excluding hydrogens is 809 g/mol. The average molecular weight is 859 g/mol. The standard InChI is InChI=1S/C33H49Cl2N21O3/c1-41-26-20(46-22(35)25(38)48-26)28(58)50-30(40)44-18-5-11-56(12-6-18)33-52-31(42-7-2-8-54-13-15-59-16-14-54)51-32(53-33)55-9-3-17(4-10-55)43-29(39)49-27(57)19-23(36)47-24(37)21(34)45-19/h17-18H,2-16H2,1H3,(H4,36,37,47)(H3,38,41,48)(H3,39,43,49,57)(H3,40,44,50,58)(H,42,51,52,53). The van der Waals surface area contributed by atoms with E-state index in [9.17, 15) is 9.59 Å². The lowest BCUT2D eigenvalue weighted by Crippen LogP contribution is -2.42. The number of nitrogens with zero attached hydrogens (tertiary/aromatic N) is 12.